The SMILES string of the molecule is N#Cc1ccccc1NS(=O)(=O)c1ccc2c(c1)CC(=O)N2. The van der Waals surface area contributed by atoms with Gasteiger partial charge in [-0.25, -0.2) is 8.42 Å². The highest BCUT2D eigenvalue weighted by atomic mass is 32.2. The Hall–Kier alpha value is -2.85. The van der Waals surface area contributed by atoms with Gasteiger partial charge in [0.15, 0.2) is 0 Å². The molecule has 2 aromatic rings. The Kier molecular flexibility index (Phi) is 3.31. The third kappa shape index (κ3) is 2.52. The van der Waals surface area contributed by atoms with Gasteiger partial charge in [0.2, 0.25) is 5.91 Å². The predicted octanol–water partition coefficient (Wildman–Crippen LogP) is 1.85. The van der Waals surface area contributed by atoms with Gasteiger partial charge in [0, 0.05) is 5.69 Å². The fourth-order valence-corrected chi connectivity index (χ4v) is 3.38. The van der Waals surface area contributed by atoms with E-state index in [1.807, 2.05) is 6.07 Å². The molecule has 7 heteroatoms. The molecule has 2 aromatic carbocycles. The maximum absolute atomic E-state index is 12.4. The van der Waals surface area contributed by atoms with E-state index in [-0.39, 0.29) is 28.5 Å². The van der Waals surface area contributed by atoms with Crippen molar-refractivity contribution in [3.05, 3.63) is 53.6 Å². The summed E-state index contributed by atoms with van der Waals surface area (Å²) in [4.78, 5) is 11.4. The van der Waals surface area contributed by atoms with Crippen LogP contribution < -0.4 is 10.0 Å². The minimum Gasteiger partial charge on any atom is -0.326 e. The zero-order valence-corrected chi connectivity index (χ0v) is 12.1. The molecule has 0 spiro atoms. The highest BCUT2D eigenvalue weighted by Crippen LogP contribution is 2.27. The molecule has 110 valence electrons. The number of sulfonamides is 1. The van der Waals surface area contributed by atoms with E-state index >= 15 is 0 Å². The smallest absolute Gasteiger partial charge is 0.261 e. The highest BCUT2D eigenvalue weighted by molar-refractivity contribution is 7.92. The fourth-order valence-electron chi connectivity index (χ4n) is 2.25. The molecule has 3 rings (SSSR count). The van der Waals surface area contributed by atoms with Crippen LogP contribution in [0.1, 0.15) is 11.1 Å². The predicted molar refractivity (Wildman–Crippen MR) is 80.7 cm³/mol. The molecule has 1 heterocycles. The van der Waals surface area contributed by atoms with E-state index in [2.05, 4.69) is 10.0 Å². The first-order valence-electron chi connectivity index (χ1n) is 6.44. The highest BCUT2D eigenvalue weighted by Gasteiger charge is 2.22. The lowest BCUT2D eigenvalue weighted by Crippen LogP contribution is -2.14. The number of nitriles is 1. The molecule has 1 aliphatic rings. The average molecular weight is 313 g/mol. The summed E-state index contributed by atoms with van der Waals surface area (Å²) in [6.07, 6.45) is 0.160. The Morgan fingerprint density at radius 3 is 2.73 bits per heavy atom. The third-order valence-corrected chi connectivity index (χ3v) is 4.67. The Bertz CT molecular complexity index is 914. The molecule has 0 aromatic heterocycles. The van der Waals surface area contributed by atoms with E-state index in [9.17, 15) is 13.2 Å². The first-order valence-corrected chi connectivity index (χ1v) is 7.92. The molecule has 0 bridgehead atoms. The fraction of sp³-hybridized carbons (Fsp3) is 0.0667. The van der Waals surface area contributed by atoms with Crippen LogP contribution in [0, 0.1) is 11.3 Å². The summed E-state index contributed by atoms with van der Waals surface area (Å²) in [6, 6.07) is 12.7. The van der Waals surface area contributed by atoms with E-state index < -0.39 is 10.0 Å². The van der Waals surface area contributed by atoms with Crippen LogP contribution in [0.5, 0.6) is 0 Å². The van der Waals surface area contributed by atoms with Crippen LogP contribution in [-0.4, -0.2) is 14.3 Å². The van der Waals surface area contributed by atoms with Gasteiger partial charge in [-0.3, -0.25) is 9.52 Å². The Morgan fingerprint density at radius 1 is 1.18 bits per heavy atom. The number of nitrogens with zero attached hydrogens (tertiary/aromatic N) is 1. The average Bonchev–Trinajstić information content (AvgIpc) is 2.86. The number of carbonyl (C=O) groups is 1. The van der Waals surface area contributed by atoms with Crippen molar-refractivity contribution < 1.29 is 13.2 Å². The van der Waals surface area contributed by atoms with E-state index in [0.29, 0.717) is 11.3 Å². The van der Waals surface area contributed by atoms with Gasteiger partial charge >= 0.3 is 0 Å². The third-order valence-electron chi connectivity index (χ3n) is 3.30. The molecule has 2 N–H and O–H groups in total. The van der Waals surface area contributed by atoms with Gasteiger partial charge < -0.3 is 5.32 Å². The van der Waals surface area contributed by atoms with Crippen molar-refractivity contribution in [3.8, 4) is 6.07 Å². The van der Waals surface area contributed by atoms with E-state index in [4.69, 9.17) is 5.26 Å². The van der Waals surface area contributed by atoms with Gasteiger partial charge in [-0.2, -0.15) is 5.26 Å². The summed E-state index contributed by atoms with van der Waals surface area (Å²) < 4.78 is 27.3. The van der Waals surface area contributed by atoms with E-state index in [1.54, 1.807) is 18.2 Å². The molecule has 0 unspecified atom stereocenters. The van der Waals surface area contributed by atoms with E-state index in [1.165, 1.54) is 24.3 Å². The number of nitrogens with one attached hydrogen (secondary N) is 2. The Labute approximate surface area is 127 Å². The van der Waals surface area contributed by atoms with Crippen LogP contribution in [0.3, 0.4) is 0 Å². The number of fused-ring (bicyclic) bond motifs is 1. The van der Waals surface area contributed by atoms with Crippen LogP contribution in [0.15, 0.2) is 47.4 Å². The maximum Gasteiger partial charge on any atom is 0.261 e. The van der Waals surface area contributed by atoms with Crippen LogP contribution in [-0.2, 0) is 21.2 Å². The van der Waals surface area contributed by atoms with Crippen molar-refractivity contribution in [2.45, 2.75) is 11.3 Å². The minimum atomic E-state index is -3.83. The van der Waals surface area contributed by atoms with Crippen LogP contribution >= 0.6 is 0 Å². The summed E-state index contributed by atoms with van der Waals surface area (Å²) >= 11 is 0. The zero-order chi connectivity index (χ0) is 15.7. The number of hydrogen-bond donors (Lipinski definition) is 2. The molecular formula is C15H11N3O3S. The summed E-state index contributed by atoms with van der Waals surface area (Å²) in [7, 11) is -3.83. The second kappa shape index (κ2) is 5.16. The lowest BCUT2D eigenvalue weighted by Gasteiger charge is -2.10. The molecule has 1 amide bonds. The van der Waals surface area contributed by atoms with Gasteiger partial charge in [0.05, 0.1) is 22.6 Å². The number of para-hydroxylation sites is 1. The van der Waals surface area contributed by atoms with Crippen molar-refractivity contribution in [3.63, 3.8) is 0 Å². The molecule has 6 nitrogen and oxygen atoms in total. The standard InChI is InChI=1S/C15H11N3O3S/c16-9-10-3-1-2-4-14(10)18-22(20,21)12-5-6-13-11(7-12)8-15(19)17-13/h1-7,18H,8H2,(H,17,19). The lowest BCUT2D eigenvalue weighted by atomic mass is 10.2. The summed E-state index contributed by atoms with van der Waals surface area (Å²) in [5, 5.41) is 11.7. The normalized spacial score (nSPS) is 13.1. The number of amides is 1. The van der Waals surface area contributed by atoms with Gasteiger partial charge in [0.25, 0.3) is 10.0 Å². The van der Waals surface area contributed by atoms with Crippen molar-refractivity contribution >= 4 is 27.3 Å². The van der Waals surface area contributed by atoms with Gasteiger partial charge in [-0.1, -0.05) is 12.1 Å². The van der Waals surface area contributed by atoms with E-state index in [0.717, 1.165) is 0 Å². The zero-order valence-electron chi connectivity index (χ0n) is 11.3. The van der Waals surface area contributed by atoms with Crippen molar-refractivity contribution in [1.82, 2.24) is 0 Å². The van der Waals surface area contributed by atoms with Crippen LogP contribution in [0.25, 0.3) is 0 Å². The molecule has 22 heavy (non-hydrogen) atoms. The first kappa shape index (κ1) is 14.1. The van der Waals surface area contributed by atoms with Gasteiger partial charge in [-0.05, 0) is 35.9 Å². The molecule has 0 atom stereocenters. The van der Waals surface area contributed by atoms with Crippen molar-refractivity contribution in [2.24, 2.45) is 0 Å². The number of benzene rings is 2. The molecule has 0 radical (unpaired) electrons. The number of carbonyl (C=O) groups excluding carboxylic acids is 1. The number of hydrogen-bond acceptors (Lipinski definition) is 4. The quantitative estimate of drug-likeness (QED) is 0.903. The Balaban J connectivity index is 1.96. The lowest BCUT2D eigenvalue weighted by molar-refractivity contribution is -0.115. The summed E-state index contributed by atoms with van der Waals surface area (Å²) in [5.41, 5.74) is 1.73. The second-order valence-electron chi connectivity index (χ2n) is 4.81. The largest absolute Gasteiger partial charge is 0.326 e. The monoisotopic (exact) mass is 313 g/mol. The molecular weight excluding hydrogens is 302 g/mol. The topological polar surface area (TPSA) is 99.1 Å². The Morgan fingerprint density at radius 2 is 1.95 bits per heavy atom. The van der Waals surface area contributed by atoms with Crippen molar-refractivity contribution in [2.75, 3.05) is 10.0 Å². The second-order valence-corrected chi connectivity index (χ2v) is 6.49. The molecule has 0 fully saturated rings. The summed E-state index contributed by atoms with van der Waals surface area (Å²) in [5.74, 6) is -0.160. The van der Waals surface area contributed by atoms with Crippen molar-refractivity contribution in [1.29, 1.82) is 5.26 Å². The van der Waals surface area contributed by atoms with Crippen LogP contribution in [0.2, 0.25) is 0 Å². The molecule has 0 aliphatic carbocycles. The minimum absolute atomic E-state index is 0.0514. The molecule has 1 aliphatic heterocycles. The van der Waals surface area contributed by atoms with Gasteiger partial charge in [-0.15, -0.1) is 0 Å². The number of rotatable bonds is 3. The molecule has 0 saturated heterocycles. The van der Waals surface area contributed by atoms with Gasteiger partial charge in [0.1, 0.15) is 6.07 Å². The maximum atomic E-state index is 12.4. The summed E-state index contributed by atoms with van der Waals surface area (Å²) in [6.45, 7) is 0. The first-order chi connectivity index (χ1) is 10.5. The molecule has 0 saturated carbocycles. The van der Waals surface area contributed by atoms with Crippen LogP contribution in [0.4, 0.5) is 11.4 Å². The number of anilines is 2.